The second-order valence-electron chi connectivity index (χ2n) is 4.47. The van der Waals surface area contributed by atoms with Gasteiger partial charge in [0.05, 0.1) is 22.3 Å². The van der Waals surface area contributed by atoms with Gasteiger partial charge in [-0.3, -0.25) is 10.1 Å². The largest absolute Gasteiger partial charge is 0.393 e. The molecule has 2 rings (SSSR count). The van der Waals surface area contributed by atoms with Gasteiger partial charge in [-0.25, -0.2) is 0 Å². The van der Waals surface area contributed by atoms with E-state index in [0.29, 0.717) is 18.2 Å². The predicted molar refractivity (Wildman–Crippen MR) is 65.0 cm³/mol. The fourth-order valence-corrected chi connectivity index (χ4v) is 2.01. The van der Waals surface area contributed by atoms with Crippen LogP contribution in [0.5, 0.6) is 0 Å². The Labute approximate surface area is 104 Å². The van der Waals surface area contributed by atoms with E-state index >= 15 is 0 Å². The zero-order valence-electron chi connectivity index (χ0n) is 9.67. The summed E-state index contributed by atoms with van der Waals surface area (Å²) in [4.78, 5) is 10.1. The minimum Gasteiger partial charge on any atom is -0.393 e. The molecule has 2 N–H and O–H groups in total. The summed E-state index contributed by atoms with van der Waals surface area (Å²) in [7, 11) is 0. The Kier molecular flexibility index (Phi) is 3.44. The SMILES string of the molecule is N#Cc1cc([N+](=O)[O-])ccc1NCC1CC(O)C1. The summed E-state index contributed by atoms with van der Waals surface area (Å²) in [6, 6.07) is 6.13. The van der Waals surface area contributed by atoms with E-state index in [0.717, 1.165) is 12.8 Å². The molecule has 1 aliphatic carbocycles. The molecule has 0 saturated heterocycles. The molecule has 0 amide bonds. The van der Waals surface area contributed by atoms with Crippen LogP contribution in [0.4, 0.5) is 11.4 Å². The second kappa shape index (κ2) is 5.02. The summed E-state index contributed by atoms with van der Waals surface area (Å²) < 4.78 is 0. The standard InChI is InChI=1S/C12H13N3O3/c13-6-9-5-10(15(17)18)1-2-12(9)14-7-8-3-11(16)4-8/h1-2,5,8,11,14,16H,3-4,7H2. The fourth-order valence-electron chi connectivity index (χ4n) is 2.01. The first kappa shape index (κ1) is 12.3. The molecule has 1 aromatic carbocycles. The molecule has 0 spiro atoms. The van der Waals surface area contributed by atoms with Gasteiger partial charge in [-0.15, -0.1) is 0 Å². The molecule has 0 unspecified atom stereocenters. The van der Waals surface area contributed by atoms with Crippen LogP contribution in [0.3, 0.4) is 0 Å². The zero-order chi connectivity index (χ0) is 13.1. The third kappa shape index (κ3) is 2.57. The minimum atomic E-state index is -0.521. The van der Waals surface area contributed by atoms with Gasteiger partial charge in [0.1, 0.15) is 6.07 Å². The lowest BCUT2D eigenvalue weighted by Crippen LogP contribution is -2.33. The fraction of sp³-hybridized carbons (Fsp3) is 0.417. The van der Waals surface area contributed by atoms with E-state index in [4.69, 9.17) is 10.4 Å². The number of nitrogens with one attached hydrogen (secondary N) is 1. The third-order valence-corrected chi connectivity index (χ3v) is 3.13. The van der Waals surface area contributed by atoms with E-state index in [1.165, 1.54) is 12.1 Å². The van der Waals surface area contributed by atoms with Crippen molar-refractivity contribution < 1.29 is 10.0 Å². The summed E-state index contributed by atoms with van der Waals surface area (Å²) >= 11 is 0. The molecule has 6 nitrogen and oxygen atoms in total. The van der Waals surface area contributed by atoms with Crippen molar-refractivity contribution in [2.24, 2.45) is 5.92 Å². The Morgan fingerprint density at radius 1 is 1.56 bits per heavy atom. The molecule has 0 bridgehead atoms. The maximum Gasteiger partial charge on any atom is 0.270 e. The van der Waals surface area contributed by atoms with Gasteiger partial charge in [-0.1, -0.05) is 0 Å². The molecule has 18 heavy (non-hydrogen) atoms. The number of nitro groups is 1. The molecule has 1 fully saturated rings. The number of nitriles is 1. The average Bonchev–Trinajstić information content (AvgIpc) is 2.32. The molecule has 6 heteroatoms. The van der Waals surface area contributed by atoms with Crippen molar-refractivity contribution in [2.75, 3.05) is 11.9 Å². The van der Waals surface area contributed by atoms with E-state index in [-0.39, 0.29) is 17.4 Å². The number of aliphatic hydroxyl groups is 1. The van der Waals surface area contributed by atoms with Crippen molar-refractivity contribution in [1.29, 1.82) is 5.26 Å². The maximum atomic E-state index is 10.6. The smallest absolute Gasteiger partial charge is 0.270 e. The summed E-state index contributed by atoms with van der Waals surface area (Å²) in [5.41, 5.74) is 0.782. The highest BCUT2D eigenvalue weighted by Crippen LogP contribution is 2.28. The number of hydrogen-bond donors (Lipinski definition) is 2. The van der Waals surface area contributed by atoms with Gasteiger partial charge in [0.15, 0.2) is 0 Å². The van der Waals surface area contributed by atoms with Gasteiger partial charge in [0.2, 0.25) is 0 Å². The van der Waals surface area contributed by atoms with Crippen LogP contribution in [0.25, 0.3) is 0 Å². The topological polar surface area (TPSA) is 99.2 Å². The van der Waals surface area contributed by atoms with Gasteiger partial charge < -0.3 is 10.4 Å². The lowest BCUT2D eigenvalue weighted by Gasteiger charge is -2.31. The molecule has 1 aliphatic rings. The number of hydrogen-bond acceptors (Lipinski definition) is 5. The molecule has 94 valence electrons. The highest BCUT2D eigenvalue weighted by atomic mass is 16.6. The lowest BCUT2D eigenvalue weighted by atomic mass is 9.82. The Hall–Kier alpha value is -2.13. The van der Waals surface area contributed by atoms with Crippen LogP contribution >= 0.6 is 0 Å². The summed E-state index contributed by atoms with van der Waals surface area (Å²) in [5, 5.41) is 31.8. The van der Waals surface area contributed by atoms with Crippen LogP contribution in [-0.4, -0.2) is 22.7 Å². The second-order valence-corrected chi connectivity index (χ2v) is 4.47. The van der Waals surface area contributed by atoms with E-state index in [1.54, 1.807) is 6.07 Å². The van der Waals surface area contributed by atoms with Crippen LogP contribution in [0.15, 0.2) is 18.2 Å². The summed E-state index contributed by atoms with van der Waals surface area (Å²) in [6.45, 7) is 0.670. The molecular weight excluding hydrogens is 234 g/mol. The normalized spacial score (nSPS) is 21.8. The lowest BCUT2D eigenvalue weighted by molar-refractivity contribution is -0.384. The van der Waals surface area contributed by atoms with Gasteiger partial charge in [0.25, 0.3) is 5.69 Å². The van der Waals surface area contributed by atoms with Crippen LogP contribution in [0.1, 0.15) is 18.4 Å². The van der Waals surface area contributed by atoms with Crippen LogP contribution < -0.4 is 5.32 Å². The van der Waals surface area contributed by atoms with E-state index in [9.17, 15) is 10.1 Å². The van der Waals surface area contributed by atoms with Crippen molar-refractivity contribution >= 4 is 11.4 Å². The minimum absolute atomic E-state index is 0.0869. The monoisotopic (exact) mass is 247 g/mol. The predicted octanol–water partition coefficient (Wildman–Crippen LogP) is 1.65. The third-order valence-electron chi connectivity index (χ3n) is 3.13. The molecule has 0 radical (unpaired) electrons. The Morgan fingerprint density at radius 2 is 2.28 bits per heavy atom. The molecule has 1 saturated carbocycles. The number of non-ortho nitro benzene ring substituents is 1. The van der Waals surface area contributed by atoms with E-state index in [2.05, 4.69) is 5.32 Å². The van der Waals surface area contributed by atoms with E-state index < -0.39 is 4.92 Å². The molecular formula is C12H13N3O3. The number of aliphatic hydroxyl groups excluding tert-OH is 1. The first-order valence-corrected chi connectivity index (χ1v) is 5.70. The average molecular weight is 247 g/mol. The maximum absolute atomic E-state index is 10.6. The molecule has 1 aromatic rings. The van der Waals surface area contributed by atoms with Crippen molar-refractivity contribution in [2.45, 2.75) is 18.9 Å². The number of benzene rings is 1. The number of anilines is 1. The molecule has 0 aromatic heterocycles. The molecule has 0 heterocycles. The quantitative estimate of drug-likeness (QED) is 0.622. The Morgan fingerprint density at radius 3 is 2.83 bits per heavy atom. The molecule has 0 aliphatic heterocycles. The van der Waals surface area contributed by atoms with Gasteiger partial charge in [-0.05, 0) is 24.8 Å². The van der Waals surface area contributed by atoms with Gasteiger partial charge >= 0.3 is 0 Å². The Bertz CT molecular complexity index is 504. The molecule has 0 atom stereocenters. The number of nitro benzene ring substituents is 1. The van der Waals surface area contributed by atoms with E-state index in [1.807, 2.05) is 6.07 Å². The Balaban J connectivity index is 2.04. The van der Waals surface area contributed by atoms with Crippen LogP contribution in [0, 0.1) is 27.4 Å². The summed E-state index contributed by atoms with van der Waals surface area (Å²) in [6.07, 6.45) is 1.33. The van der Waals surface area contributed by atoms with Crippen molar-refractivity contribution in [3.05, 3.63) is 33.9 Å². The first-order chi connectivity index (χ1) is 8.60. The van der Waals surface area contributed by atoms with Gasteiger partial charge in [-0.2, -0.15) is 5.26 Å². The van der Waals surface area contributed by atoms with Crippen LogP contribution in [-0.2, 0) is 0 Å². The van der Waals surface area contributed by atoms with Crippen molar-refractivity contribution in [3.63, 3.8) is 0 Å². The van der Waals surface area contributed by atoms with Crippen LogP contribution in [0.2, 0.25) is 0 Å². The zero-order valence-corrected chi connectivity index (χ0v) is 9.67. The highest BCUT2D eigenvalue weighted by molar-refractivity contribution is 5.61. The highest BCUT2D eigenvalue weighted by Gasteiger charge is 2.26. The van der Waals surface area contributed by atoms with Crippen molar-refractivity contribution in [3.8, 4) is 6.07 Å². The number of nitrogens with zero attached hydrogens (tertiary/aromatic N) is 2. The van der Waals surface area contributed by atoms with Crippen molar-refractivity contribution in [1.82, 2.24) is 0 Å². The first-order valence-electron chi connectivity index (χ1n) is 5.70. The number of rotatable bonds is 4. The van der Waals surface area contributed by atoms with Gasteiger partial charge in [0, 0.05) is 18.7 Å². The summed E-state index contributed by atoms with van der Waals surface area (Å²) in [5.74, 6) is 0.404.